The molecule has 0 saturated carbocycles. The number of nitrogens with zero attached hydrogens (tertiary/aromatic N) is 2. The van der Waals surface area contributed by atoms with Crippen molar-refractivity contribution in [3.05, 3.63) is 155 Å². The van der Waals surface area contributed by atoms with E-state index >= 15 is 0 Å². The van der Waals surface area contributed by atoms with Crippen molar-refractivity contribution in [3.63, 3.8) is 0 Å². The number of esters is 4. The predicted octanol–water partition coefficient (Wildman–Crippen LogP) is 13.0. The number of fused-ring (bicyclic) bond motifs is 1. The molecule has 1 aliphatic heterocycles. The zero-order chi connectivity index (χ0) is 50.5. The van der Waals surface area contributed by atoms with E-state index in [9.17, 15) is 19.2 Å². The van der Waals surface area contributed by atoms with Crippen LogP contribution in [-0.4, -0.2) is 74.7 Å². The number of hydrogen-bond donors (Lipinski definition) is 0. The Morgan fingerprint density at radius 3 is 1.80 bits per heavy atom. The number of carbonyl (C=O) groups is 4. The Labute approximate surface area is 424 Å². The number of benzene rings is 4. The fourth-order valence-corrected chi connectivity index (χ4v) is 8.78. The lowest BCUT2D eigenvalue weighted by molar-refractivity contribution is -0.138. The molecule has 0 radical (unpaired) electrons. The van der Waals surface area contributed by atoms with Crippen molar-refractivity contribution in [2.75, 3.05) is 39.6 Å². The Hall–Kier alpha value is -6.60. The van der Waals surface area contributed by atoms with Gasteiger partial charge in [0.2, 0.25) is 0 Å². The maximum atomic E-state index is 13.7. The minimum Gasteiger partial charge on any atom is -0.494 e. The van der Waals surface area contributed by atoms with E-state index in [4.69, 9.17) is 33.5 Å². The molecule has 4 aromatic carbocycles. The maximum Gasteiger partial charge on any atom is 0.343 e. The molecular formula is C58H70N2O10S. The molecule has 5 rings (SSSR count). The molecule has 0 aromatic heterocycles. The Morgan fingerprint density at radius 1 is 0.634 bits per heavy atom. The van der Waals surface area contributed by atoms with Crippen LogP contribution in [0.2, 0.25) is 0 Å². The summed E-state index contributed by atoms with van der Waals surface area (Å²) in [7, 11) is 0. The van der Waals surface area contributed by atoms with Gasteiger partial charge in [-0.05, 0) is 148 Å². The van der Waals surface area contributed by atoms with Gasteiger partial charge in [0.05, 0.1) is 55.4 Å². The van der Waals surface area contributed by atoms with Crippen molar-refractivity contribution in [2.24, 2.45) is 5.10 Å². The molecule has 378 valence electrons. The SMILES string of the molecule is C=CC(=O)OCCCCCCOc1ccc(C(=O)OCCc2ccc(OC(=O)c3ccc(OCCCCCCOC(=O)C=C)cc3)c(C=NN(CCCCCC)C3=CC(CC)c4ccccc4S3)c2)cc1. The highest BCUT2D eigenvalue weighted by atomic mass is 32.2. The lowest BCUT2D eigenvalue weighted by Crippen LogP contribution is -2.20. The summed E-state index contributed by atoms with van der Waals surface area (Å²) >= 11 is 1.72. The molecule has 71 heavy (non-hydrogen) atoms. The number of allylic oxidation sites excluding steroid dienone is 1. The standard InChI is InChI=1S/C58H70N2O10S/c1-5-9-10-17-35-60(54-42-45(6-2)51-22-15-16-23-53(51)71-54)59-43-48-41-44(34-40-69-57(63)46-25-29-49(30-26-46)65-36-18-11-13-20-38-67-55(61)7-3)24-33-52(48)70-58(64)47-27-31-50(32-28-47)66-37-19-12-14-21-39-68-56(62)8-4/h7-8,15-16,22-33,41-43,45H,3-6,9-14,17-21,34-40H2,1-2H3. The third-order valence-electron chi connectivity index (χ3n) is 11.6. The van der Waals surface area contributed by atoms with E-state index in [2.05, 4.69) is 62.4 Å². The third kappa shape index (κ3) is 19.6. The number of ether oxygens (including phenoxy) is 6. The molecule has 0 N–H and O–H groups in total. The van der Waals surface area contributed by atoms with Crippen LogP contribution in [0, 0.1) is 0 Å². The third-order valence-corrected chi connectivity index (χ3v) is 12.8. The van der Waals surface area contributed by atoms with Crippen LogP contribution >= 0.6 is 11.8 Å². The second-order valence-corrected chi connectivity index (χ2v) is 18.1. The minimum absolute atomic E-state index is 0.131. The molecule has 1 aliphatic rings. The highest BCUT2D eigenvalue weighted by molar-refractivity contribution is 8.03. The summed E-state index contributed by atoms with van der Waals surface area (Å²) in [5, 5.41) is 8.23. The fraction of sp³-hybridized carbons (Fsp3) is 0.397. The van der Waals surface area contributed by atoms with E-state index in [0.717, 1.165) is 113 Å². The first-order chi connectivity index (χ1) is 34.7. The van der Waals surface area contributed by atoms with Crippen LogP contribution in [0.1, 0.15) is 141 Å². The summed E-state index contributed by atoms with van der Waals surface area (Å²) in [4.78, 5) is 50.3. The van der Waals surface area contributed by atoms with Gasteiger partial charge in [0.15, 0.2) is 0 Å². The molecule has 1 atom stereocenters. The van der Waals surface area contributed by atoms with Crippen molar-refractivity contribution in [1.82, 2.24) is 5.01 Å². The predicted molar refractivity (Wildman–Crippen MR) is 280 cm³/mol. The maximum absolute atomic E-state index is 13.7. The molecule has 1 unspecified atom stereocenters. The average molecular weight is 987 g/mol. The van der Waals surface area contributed by atoms with Crippen molar-refractivity contribution in [3.8, 4) is 17.2 Å². The normalized spacial score (nSPS) is 12.8. The molecule has 0 amide bonds. The monoisotopic (exact) mass is 986 g/mol. The van der Waals surface area contributed by atoms with Gasteiger partial charge in [-0.25, -0.2) is 19.2 Å². The minimum atomic E-state index is -0.522. The van der Waals surface area contributed by atoms with Crippen LogP contribution in [0.4, 0.5) is 0 Å². The molecule has 4 aromatic rings. The number of unbranched alkanes of at least 4 members (excludes halogenated alkanes) is 9. The summed E-state index contributed by atoms with van der Waals surface area (Å²) in [5.74, 6) is 0.150. The zero-order valence-electron chi connectivity index (χ0n) is 41.5. The molecule has 0 bridgehead atoms. The quantitative estimate of drug-likeness (QED) is 0.00854. The Balaban J connectivity index is 1.23. The molecule has 0 spiro atoms. The number of thioether (sulfide) groups is 1. The van der Waals surface area contributed by atoms with Crippen LogP contribution in [0.3, 0.4) is 0 Å². The first-order valence-electron chi connectivity index (χ1n) is 25.1. The lowest BCUT2D eigenvalue weighted by Gasteiger charge is -2.29. The molecular weight excluding hydrogens is 917 g/mol. The fourth-order valence-electron chi connectivity index (χ4n) is 7.59. The van der Waals surface area contributed by atoms with Crippen LogP contribution in [0.5, 0.6) is 17.2 Å². The lowest BCUT2D eigenvalue weighted by atomic mass is 9.96. The molecule has 0 saturated heterocycles. The Kier molecular flexibility index (Phi) is 24.6. The van der Waals surface area contributed by atoms with Crippen LogP contribution in [-0.2, 0) is 30.2 Å². The van der Waals surface area contributed by atoms with Gasteiger partial charge in [0.25, 0.3) is 0 Å². The molecule has 12 nitrogen and oxygen atoms in total. The number of hydrogen-bond acceptors (Lipinski definition) is 13. The summed E-state index contributed by atoms with van der Waals surface area (Å²) in [6.07, 6.45) is 19.1. The van der Waals surface area contributed by atoms with Crippen LogP contribution in [0.15, 0.2) is 137 Å². The van der Waals surface area contributed by atoms with E-state index in [1.807, 2.05) is 12.1 Å². The first kappa shape index (κ1) is 55.3. The van der Waals surface area contributed by atoms with E-state index in [0.29, 0.717) is 66.8 Å². The van der Waals surface area contributed by atoms with Gasteiger partial charge in [0.1, 0.15) is 17.2 Å². The van der Waals surface area contributed by atoms with Gasteiger partial charge in [-0.15, -0.1) is 0 Å². The van der Waals surface area contributed by atoms with Crippen LogP contribution < -0.4 is 14.2 Å². The van der Waals surface area contributed by atoms with Gasteiger partial charge in [-0.3, -0.25) is 5.01 Å². The molecule has 13 heteroatoms. The van der Waals surface area contributed by atoms with Crippen molar-refractivity contribution in [1.29, 1.82) is 0 Å². The second-order valence-electron chi connectivity index (χ2n) is 17.1. The van der Waals surface area contributed by atoms with E-state index in [-0.39, 0.29) is 12.5 Å². The van der Waals surface area contributed by atoms with Gasteiger partial charge in [0, 0.05) is 41.5 Å². The van der Waals surface area contributed by atoms with Crippen molar-refractivity contribution >= 4 is 41.9 Å². The van der Waals surface area contributed by atoms with Gasteiger partial charge in [-0.1, -0.05) is 82.3 Å². The van der Waals surface area contributed by atoms with Gasteiger partial charge in [-0.2, -0.15) is 5.10 Å². The second kappa shape index (κ2) is 31.6. The molecule has 0 aliphatic carbocycles. The van der Waals surface area contributed by atoms with E-state index < -0.39 is 23.9 Å². The number of rotatable bonds is 33. The Bertz CT molecular complexity index is 2380. The van der Waals surface area contributed by atoms with Gasteiger partial charge >= 0.3 is 23.9 Å². The number of hydrazone groups is 1. The van der Waals surface area contributed by atoms with Gasteiger partial charge < -0.3 is 28.4 Å². The highest BCUT2D eigenvalue weighted by Gasteiger charge is 2.23. The first-order valence-corrected chi connectivity index (χ1v) is 25.9. The summed E-state index contributed by atoms with van der Waals surface area (Å²) < 4.78 is 33.6. The highest BCUT2D eigenvalue weighted by Crippen LogP contribution is 2.43. The van der Waals surface area contributed by atoms with Crippen molar-refractivity contribution in [2.45, 2.75) is 115 Å². The zero-order valence-corrected chi connectivity index (χ0v) is 42.3. The Morgan fingerprint density at radius 2 is 1.21 bits per heavy atom. The summed E-state index contributed by atoms with van der Waals surface area (Å²) in [5.41, 5.74) is 3.59. The largest absolute Gasteiger partial charge is 0.494 e. The number of carbonyl (C=O) groups excluding carboxylic acids is 4. The average Bonchev–Trinajstić information content (AvgIpc) is 3.40. The van der Waals surface area contributed by atoms with Crippen molar-refractivity contribution < 1.29 is 47.6 Å². The topological polar surface area (TPSA) is 139 Å². The van der Waals surface area contributed by atoms with Crippen LogP contribution in [0.25, 0.3) is 0 Å². The van der Waals surface area contributed by atoms with E-state index in [1.54, 1.807) is 72.6 Å². The van der Waals surface area contributed by atoms with E-state index in [1.165, 1.54) is 10.5 Å². The summed E-state index contributed by atoms with van der Waals surface area (Å²) in [6.45, 7) is 13.9. The molecule has 1 heterocycles. The molecule has 0 fully saturated rings. The smallest absolute Gasteiger partial charge is 0.343 e. The summed E-state index contributed by atoms with van der Waals surface area (Å²) in [6, 6.07) is 27.9.